The minimum Gasteiger partial charge on any atom is -0.462 e. The molecule has 2 aromatic rings. The Bertz CT molecular complexity index is 1370. The minimum absolute atomic E-state index is 0.0398. The van der Waals surface area contributed by atoms with Gasteiger partial charge in [0.2, 0.25) is 5.91 Å². The number of carbonyl (C=O) groups excluding carboxylic acids is 1. The summed E-state index contributed by atoms with van der Waals surface area (Å²) in [4.78, 5) is 29.0. The second-order valence-corrected chi connectivity index (χ2v) is 12.6. The summed E-state index contributed by atoms with van der Waals surface area (Å²) in [6.45, 7) is 7.03. The lowest BCUT2D eigenvalue weighted by atomic mass is 9.62. The Labute approximate surface area is 247 Å². The van der Waals surface area contributed by atoms with Crippen LogP contribution in [0.3, 0.4) is 0 Å². The molecule has 1 spiro atoms. The van der Waals surface area contributed by atoms with Gasteiger partial charge in [0.1, 0.15) is 12.4 Å². The van der Waals surface area contributed by atoms with Crippen LogP contribution < -0.4 is 9.64 Å². The fourth-order valence-electron chi connectivity index (χ4n) is 7.57. The molecule has 9 heteroatoms. The van der Waals surface area contributed by atoms with E-state index in [1.54, 1.807) is 4.90 Å². The van der Waals surface area contributed by atoms with Crippen molar-refractivity contribution in [1.82, 2.24) is 19.8 Å². The highest BCUT2D eigenvalue weighted by Crippen LogP contribution is 2.48. The van der Waals surface area contributed by atoms with E-state index in [1.165, 1.54) is 29.2 Å². The van der Waals surface area contributed by atoms with E-state index < -0.39 is 0 Å². The topological polar surface area (TPSA) is 85.6 Å². The average molecular weight is 575 g/mol. The number of nitriles is 1. The molecule has 0 saturated carbocycles. The number of nitrogens with zero attached hydrogens (tertiary/aromatic N) is 6. The van der Waals surface area contributed by atoms with Crippen LogP contribution in [0.15, 0.2) is 30.9 Å². The number of fused-ring (bicyclic) bond motifs is 3. The zero-order valence-electron chi connectivity index (χ0n) is 23.9. The van der Waals surface area contributed by atoms with Crippen molar-refractivity contribution in [3.8, 4) is 12.1 Å². The molecule has 1 aromatic carbocycles. The van der Waals surface area contributed by atoms with Gasteiger partial charge < -0.3 is 19.4 Å². The Hall–Kier alpha value is -3.15. The molecular weight excluding hydrogens is 536 g/mol. The molecule has 2 fully saturated rings. The molecule has 2 aliphatic heterocycles. The van der Waals surface area contributed by atoms with Crippen molar-refractivity contribution in [3.63, 3.8) is 0 Å². The number of carbonyl (C=O) groups is 1. The van der Waals surface area contributed by atoms with Gasteiger partial charge in [0.25, 0.3) is 0 Å². The van der Waals surface area contributed by atoms with Crippen molar-refractivity contribution in [2.45, 2.75) is 75.3 Å². The molecule has 2 saturated heterocycles. The van der Waals surface area contributed by atoms with Crippen molar-refractivity contribution >= 4 is 23.3 Å². The maximum absolute atomic E-state index is 12.5. The first-order chi connectivity index (χ1) is 19.9. The van der Waals surface area contributed by atoms with Crippen molar-refractivity contribution in [1.29, 1.82) is 5.26 Å². The van der Waals surface area contributed by atoms with Crippen molar-refractivity contribution < 1.29 is 9.53 Å². The van der Waals surface area contributed by atoms with Crippen LogP contribution in [0.2, 0.25) is 5.02 Å². The third kappa shape index (κ3) is 5.42. The molecule has 3 heterocycles. The summed E-state index contributed by atoms with van der Waals surface area (Å²) in [5, 5.41) is 10.3. The molecule has 6 rings (SSSR count). The molecule has 3 atom stereocenters. The van der Waals surface area contributed by atoms with Crippen LogP contribution in [-0.4, -0.2) is 77.6 Å². The minimum atomic E-state index is -0.216. The maximum Gasteiger partial charge on any atom is 0.318 e. The van der Waals surface area contributed by atoms with E-state index in [-0.39, 0.29) is 23.8 Å². The van der Waals surface area contributed by atoms with Gasteiger partial charge in [-0.15, -0.1) is 0 Å². The number of anilines is 1. The summed E-state index contributed by atoms with van der Waals surface area (Å²) >= 11 is 6.39. The fourth-order valence-corrected chi connectivity index (χ4v) is 7.77. The number of benzene rings is 1. The molecule has 1 unspecified atom stereocenters. The highest BCUT2D eigenvalue weighted by molar-refractivity contribution is 6.30. The molecule has 4 aliphatic rings. The van der Waals surface area contributed by atoms with Crippen LogP contribution in [0.4, 0.5) is 5.82 Å². The third-order valence-corrected chi connectivity index (χ3v) is 10.0. The molecule has 0 bridgehead atoms. The first-order valence-corrected chi connectivity index (χ1v) is 15.4. The zero-order chi connectivity index (χ0) is 28.6. The Morgan fingerprint density at radius 2 is 2.10 bits per heavy atom. The summed E-state index contributed by atoms with van der Waals surface area (Å²) < 4.78 is 6.33. The van der Waals surface area contributed by atoms with Crippen LogP contribution in [0.1, 0.15) is 60.9 Å². The molecule has 1 amide bonds. The number of rotatable bonds is 6. The summed E-state index contributed by atoms with van der Waals surface area (Å²) in [7, 11) is 2.15. The lowest BCUT2D eigenvalue weighted by Gasteiger charge is -2.44. The predicted octanol–water partition coefficient (Wildman–Crippen LogP) is 4.48. The SMILES string of the molecule is C=CC(=O)N1CCN(c2nc(OC[C@@H]3CCCN3C)nc3c2CCC2(CCCc4cc(Cl)ccc42)C3)C[C@@H]1CC#N. The summed E-state index contributed by atoms with van der Waals surface area (Å²) in [6.07, 6.45) is 10.0. The van der Waals surface area contributed by atoms with Crippen molar-refractivity contribution in [2.24, 2.45) is 0 Å². The van der Waals surface area contributed by atoms with Crippen LogP contribution in [0.5, 0.6) is 6.01 Å². The number of ether oxygens (including phenoxy) is 1. The monoisotopic (exact) mass is 574 g/mol. The largest absolute Gasteiger partial charge is 0.462 e. The number of amides is 1. The smallest absolute Gasteiger partial charge is 0.318 e. The van der Waals surface area contributed by atoms with E-state index in [2.05, 4.69) is 41.6 Å². The van der Waals surface area contributed by atoms with E-state index in [4.69, 9.17) is 26.3 Å². The van der Waals surface area contributed by atoms with Crippen LogP contribution in [0, 0.1) is 11.3 Å². The van der Waals surface area contributed by atoms with E-state index in [0.717, 1.165) is 68.0 Å². The Morgan fingerprint density at radius 1 is 1.22 bits per heavy atom. The average Bonchev–Trinajstić information content (AvgIpc) is 3.39. The van der Waals surface area contributed by atoms with Gasteiger partial charge in [0, 0.05) is 41.7 Å². The van der Waals surface area contributed by atoms with E-state index in [1.807, 2.05) is 6.07 Å². The lowest BCUT2D eigenvalue weighted by molar-refractivity contribution is -0.128. The van der Waals surface area contributed by atoms with E-state index in [0.29, 0.717) is 38.3 Å². The van der Waals surface area contributed by atoms with Gasteiger partial charge in [-0.1, -0.05) is 24.2 Å². The maximum atomic E-state index is 12.5. The normalized spacial score (nSPS) is 25.9. The highest BCUT2D eigenvalue weighted by atomic mass is 35.5. The molecule has 2 aliphatic carbocycles. The molecule has 216 valence electrons. The standard InChI is InChI=1S/C32H39ClN6O2/c1-3-29(40)39-17-16-38(20-24(39)11-14-34)30-26-10-13-32(12-4-6-22-18-23(33)8-9-27(22)32)19-28(26)35-31(36-30)41-21-25-7-5-15-37(25)2/h3,8-9,18,24-25H,1,4-7,10-13,15-17,19-21H2,2H3/t24-,25-,32?/m0/s1. The molecule has 0 N–H and O–H groups in total. The summed E-state index contributed by atoms with van der Waals surface area (Å²) in [5.74, 6) is 0.776. The first-order valence-electron chi connectivity index (χ1n) is 15.0. The summed E-state index contributed by atoms with van der Waals surface area (Å²) in [5.41, 5.74) is 5.07. The van der Waals surface area contributed by atoms with E-state index >= 15 is 0 Å². The Kier molecular flexibility index (Phi) is 7.93. The number of likely N-dealkylation sites (tertiary alicyclic amines) is 1. The first kappa shape index (κ1) is 28.0. The number of hydrogen-bond donors (Lipinski definition) is 0. The van der Waals surface area contributed by atoms with Crippen molar-refractivity contribution in [3.05, 3.63) is 58.3 Å². The van der Waals surface area contributed by atoms with E-state index in [9.17, 15) is 10.1 Å². The second kappa shape index (κ2) is 11.6. The Balaban J connectivity index is 1.35. The molecule has 0 radical (unpaired) electrons. The number of aryl methyl sites for hydroxylation is 1. The lowest BCUT2D eigenvalue weighted by Crippen LogP contribution is -2.55. The van der Waals surface area contributed by atoms with Crippen molar-refractivity contribution in [2.75, 3.05) is 44.7 Å². The van der Waals surface area contributed by atoms with Gasteiger partial charge in [-0.3, -0.25) is 4.79 Å². The number of hydrogen-bond acceptors (Lipinski definition) is 7. The fraction of sp³-hybridized carbons (Fsp3) is 0.562. The Morgan fingerprint density at radius 3 is 2.88 bits per heavy atom. The zero-order valence-corrected chi connectivity index (χ0v) is 24.7. The molecule has 41 heavy (non-hydrogen) atoms. The second-order valence-electron chi connectivity index (χ2n) is 12.2. The van der Waals surface area contributed by atoms with Gasteiger partial charge in [-0.25, -0.2) is 0 Å². The number of aromatic nitrogens is 2. The molecule has 1 aromatic heterocycles. The third-order valence-electron chi connectivity index (χ3n) is 9.79. The number of piperazine rings is 1. The van der Waals surface area contributed by atoms with Gasteiger partial charge in [0.05, 0.1) is 24.2 Å². The van der Waals surface area contributed by atoms with Gasteiger partial charge >= 0.3 is 6.01 Å². The van der Waals surface area contributed by atoms with Crippen LogP contribution >= 0.6 is 11.6 Å². The molecule has 8 nitrogen and oxygen atoms in total. The van der Waals surface area contributed by atoms with Crippen LogP contribution in [-0.2, 0) is 29.5 Å². The predicted molar refractivity (Wildman–Crippen MR) is 159 cm³/mol. The van der Waals surface area contributed by atoms with Gasteiger partial charge in [0.15, 0.2) is 0 Å². The van der Waals surface area contributed by atoms with Gasteiger partial charge in [-0.05, 0) is 94.3 Å². The number of likely N-dealkylation sites (N-methyl/N-ethyl adjacent to an activating group) is 1. The summed E-state index contributed by atoms with van der Waals surface area (Å²) in [6, 6.07) is 9.27. The quantitative estimate of drug-likeness (QED) is 0.470. The highest BCUT2D eigenvalue weighted by Gasteiger charge is 2.42. The van der Waals surface area contributed by atoms with Gasteiger partial charge in [-0.2, -0.15) is 15.2 Å². The van der Waals surface area contributed by atoms with Crippen LogP contribution in [0.25, 0.3) is 0 Å². The molecular formula is C32H39ClN6O2. The number of halogens is 1.